The van der Waals surface area contributed by atoms with Crippen LogP contribution in [0.5, 0.6) is 5.75 Å². The van der Waals surface area contributed by atoms with Crippen LogP contribution >= 0.6 is 0 Å². The third kappa shape index (κ3) is 2.41. The lowest BCUT2D eigenvalue weighted by atomic mass is 10.1. The van der Waals surface area contributed by atoms with Gasteiger partial charge in [0.1, 0.15) is 5.75 Å². The molecule has 1 heterocycles. The van der Waals surface area contributed by atoms with Crippen molar-refractivity contribution in [1.29, 1.82) is 0 Å². The summed E-state index contributed by atoms with van der Waals surface area (Å²) in [6.45, 7) is 0.187. The van der Waals surface area contributed by atoms with Crippen LogP contribution in [0.1, 0.15) is 5.56 Å². The van der Waals surface area contributed by atoms with E-state index in [1.807, 2.05) is 0 Å². The fraction of sp³-hybridized carbons (Fsp3) is 0.250. The van der Waals surface area contributed by atoms with E-state index in [1.54, 1.807) is 0 Å². The highest BCUT2D eigenvalue weighted by Gasteiger charge is 2.33. The van der Waals surface area contributed by atoms with E-state index in [0.29, 0.717) is 6.07 Å². The number of alkyl halides is 3. The Morgan fingerprint density at radius 3 is 2.53 bits per heavy atom. The zero-order valence-corrected chi connectivity index (χ0v) is 9.74. The Morgan fingerprint density at radius 2 is 1.95 bits per heavy atom. The van der Waals surface area contributed by atoms with Gasteiger partial charge in [0.15, 0.2) is 0 Å². The standard InChI is InChI=1S/C12H11F3N2O2/c13-12(14,15)9-6-11(19)17(4-3-16)10-5-7(18)1-2-8(9)10/h1-2,5-6,18H,3-4,16H2. The maximum Gasteiger partial charge on any atom is 0.417 e. The maximum atomic E-state index is 12.9. The average Bonchev–Trinajstić information content (AvgIpc) is 2.31. The van der Waals surface area contributed by atoms with Gasteiger partial charge < -0.3 is 15.4 Å². The van der Waals surface area contributed by atoms with Gasteiger partial charge in [0.25, 0.3) is 5.56 Å². The van der Waals surface area contributed by atoms with Gasteiger partial charge in [-0.1, -0.05) is 0 Å². The summed E-state index contributed by atoms with van der Waals surface area (Å²) < 4.78 is 39.8. The second-order valence-electron chi connectivity index (χ2n) is 4.04. The minimum absolute atomic E-state index is 0.0188. The van der Waals surface area contributed by atoms with Crippen molar-refractivity contribution in [2.45, 2.75) is 12.7 Å². The first-order chi connectivity index (χ1) is 8.84. The third-order valence-corrected chi connectivity index (χ3v) is 2.75. The van der Waals surface area contributed by atoms with Crippen molar-refractivity contribution < 1.29 is 18.3 Å². The first-order valence-electron chi connectivity index (χ1n) is 5.48. The monoisotopic (exact) mass is 272 g/mol. The quantitative estimate of drug-likeness (QED) is 0.874. The zero-order valence-electron chi connectivity index (χ0n) is 9.74. The second-order valence-corrected chi connectivity index (χ2v) is 4.04. The van der Waals surface area contributed by atoms with Crippen LogP contribution in [-0.4, -0.2) is 16.2 Å². The number of phenols is 1. The summed E-state index contributed by atoms with van der Waals surface area (Å²) in [6.07, 6.45) is -4.63. The molecule has 0 amide bonds. The summed E-state index contributed by atoms with van der Waals surface area (Å²) in [5, 5.41) is 9.24. The molecular formula is C12H11F3N2O2. The van der Waals surface area contributed by atoms with Crippen molar-refractivity contribution in [3.05, 3.63) is 40.2 Å². The Kier molecular flexibility index (Phi) is 3.23. The van der Waals surface area contributed by atoms with E-state index in [1.165, 1.54) is 0 Å². The zero-order chi connectivity index (χ0) is 14.2. The fourth-order valence-electron chi connectivity index (χ4n) is 1.96. The predicted molar refractivity (Wildman–Crippen MR) is 63.9 cm³/mol. The Balaban J connectivity index is 2.90. The smallest absolute Gasteiger partial charge is 0.417 e. The normalized spacial score (nSPS) is 12.0. The molecule has 7 heteroatoms. The fourth-order valence-corrected chi connectivity index (χ4v) is 1.96. The lowest BCUT2D eigenvalue weighted by molar-refractivity contribution is -0.136. The van der Waals surface area contributed by atoms with Crippen LogP contribution in [0.3, 0.4) is 0 Å². The molecule has 0 radical (unpaired) electrons. The minimum Gasteiger partial charge on any atom is -0.508 e. The van der Waals surface area contributed by atoms with Crippen molar-refractivity contribution in [2.24, 2.45) is 5.73 Å². The van der Waals surface area contributed by atoms with Crippen molar-refractivity contribution in [3.8, 4) is 5.75 Å². The number of pyridine rings is 1. The maximum absolute atomic E-state index is 12.9. The molecule has 0 atom stereocenters. The number of phenolic OH excluding ortho intramolecular Hbond substituents is 1. The summed E-state index contributed by atoms with van der Waals surface area (Å²) in [4.78, 5) is 11.7. The molecule has 0 spiro atoms. The number of aromatic nitrogens is 1. The van der Waals surface area contributed by atoms with Crippen LogP contribution in [0.15, 0.2) is 29.1 Å². The van der Waals surface area contributed by atoms with Crippen molar-refractivity contribution in [3.63, 3.8) is 0 Å². The summed E-state index contributed by atoms with van der Waals surface area (Å²) in [5.74, 6) is -0.211. The molecule has 4 nitrogen and oxygen atoms in total. The molecule has 0 unspecified atom stereocenters. The lowest BCUT2D eigenvalue weighted by Crippen LogP contribution is -2.26. The van der Waals surface area contributed by atoms with E-state index in [2.05, 4.69) is 0 Å². The number of nitrogens with two attached hydrogens (primary N) is 1. The molecule has 19 heavy (non-hydrogen) atoms. The Bertz CT molecular complexity index is 677. The molecular weight excluding hydrogens is 261 g/mol. The number of fused-ring (bicyclic) bond motifs is 1. The molecule has 1 aromatic carbocycles. The molecule has 0 fully saturated rings. The molecule has 2 rings (SSSR count). The number of rotatable bonds is 2. The number of hydrogen-bond donors (Lipinski definition) is 2. The van der Waals surface area contributed by atoms with Crippen LogP contribution in [0, 0.1) is 0 Å². The number of benzene rings is 1. The molecule has 1 aromatic heterocycles. The summed E-state index contributed by atoms with van der Waals surface area (Å²) in [6, 6.07) is 3.96. The highest BCUT2D eigenvalue weighted by atomic mass is 19.4. The van der Waals surface area contributed by atoms with E-state index < -0.39 is 17.3 Å². The second kappa shape index (κ2) is 4.58. The summed E-state index contributed by atoms with van der Waals surface area (Å²) in [7, 11) is 0. The van der Waals surface area contributed by atoms with Gasteiger partial charge in [0.05, 0.1) is 11.1 Å². The van der Waals surface area contributed by atoms with Gasteiger partial charge in [-0.15, -0.1) is 0 Å². The average molecular weight is 272 g/mol. The van der Waals surface area contributed by atoms with Crippen LogP contribution in [0.4, 0.5) is 13.2 Å². The molecule has 0 aliphatic heterocycles. The Labute approximate surface area is 105 Å². The summed E-state index contributed by atoms with van der Waals surface area (Å²) >= 11 is 0. The largest absolute Gasteiger partial charge is 0.508 e. The Morgan fingerprint density at radius 1 is 1.26 bits per heavy atom. The number of halogens is 3. The number of aromatic hydroxyl groups is 1. The first kappa shape index (κ1) is 13.4. The molecule has 102 valence electrons. The highest BCUT2D eigenvalue weighted by Crippen LogP contribution is 2.34. The van der Waals surface area contributed by atoms with E-state index in [0.717, 1.165) is 22.8 Å². The van der Waals surface area contributed by atoms with Gasteiger partial charge in [0.2, 0.25) is 0 Å². The molecule has 0 saturated carbocycles. The molecule has 0 aliphatic rings. The highest BCUT2D eigenvalue weighted by molar-refractivity contribution is 5.84. The van der Waals surface area contributed by atoms with Gasteiger partial charge in [0, 0.05) is 30.6 Å². The van der Waals surface area contributed by atoms with E-state index in [9.17, 15) is 23.1 Å². The molecule has 3 N–H and O–H groups in total. The minimum atomic E-state index is -4.63. The van der Waals surface area contributed by atoms with Gasteiger partial charge in [-0.05, 0) is 12.1 Å². The van der Waals surface area contributed by atoms with Crippen LogP contribution in [-0.2, 0) is 12.7 Å². The van der Waals surface area contributed by atoms with Crippen LogP contribution in [0.2, 0.25) is 0 Å². The van der Waals surface area contributed by atoms with E-state index in [4.69, 9.17) is 5.73 Å². The lowest BCUT2D eigenvalue weighted by Gasteiger charge is -2.14. The topological polar surface area (TPSA) is 68.2 Å². The van der Waals surface area contributed by atoms with Crippen molar-refractivity contribution in [1.82, 2.24) is 4.57 Å². The van der Waals surface area contributed by atoms with Gasteiger partial charge >= 0.3 is 6.18 Å². The Hall–Kier alpha value is -2.02. The van der Waals surface area contributed by atoms with Crippen LogP contribution < -0.4 is 11.3 Å². The molecule has 2 aromatic rings. The van der Waals surface area contributed by atoms with Crippen molar-refractivity contribution in [2.75, 3.05) is 6.54 Å². The summed E-state index contributed by atoms with van der Waals surface area (Å²) in [5.41, 5.74) is 3.55. The van der Waals surface area contributed by atoms with E-state index >= 15 is 0 Å². The van der Waals surface area contributed by atoms with Crippen molar-refractivity contribution >= 4 is 10.9 Å². The van der Waals surface area contributed by atoms with Gasteiger partial charge in [-0.3, -0.25) is 4.79 Å². The molecule has 0 saturated heterocycles. The van der Waals surface area contributed by atoms with Crippen LogP contribution in [0.25, 0.3) is 10.9 Å². The number of nitrogens with zero attached hydrogens (tertiary/aromatic N) is 1. The first-order valence-corrected chi connectivity index (χ1v) is 5.48. The third-order valence-electron chi connectivity index (χ3n) is 2.75. The number of hydrogen-bond acceptors (Lipinski definition) is 3. The van der Waals surface area contributed by atoms with E-state index in [-0.39, 0.29) is 29.7 Å². The van der Waals surface area contributed by atoms with Gasteiger partial charge in [-0.2, -0.15) is 13.2 Å². The SMILES string of the molecule is NCCn1c(=O)cc(C(F)(F)F)c2ccc(O)cc21. The molecule has 0 aliphatic carbocycles. The molecule has 0 bridgehead atoms. The van der Waals surface area contributed by atoms with Gasteiger partial charge in [-0.25, -0.2) is 0 Å². The predicted octanol–water partition coefficient (Wildman–Crippen LogP) is 1.68.